The van der Waals surface area contributed by atoms with E-state index in [2.05, 4.69) is 28.5 Å². The molecule has 25 heavy (non-hydrogen) atoms. The first-order valence-electron chi connectivity index (χ1n) is 7.74. The molecule has 3 rings (SSSR count). The second-order valence-electron chi connectivity index (χ2n) is 5.64. The molecular formula is C18H18N4O2S. The lowest BCUT2D eigenvalue weighted by molar-refractivity contribution is 0.0600. The Hall–Kier alpha value is -2.67. The lowest BCUT2D eigenvalue weighted by atomic mass is 10.1. The molecule has 0 aliphatic rings. The number of ether oxygens (including phenoxy) is 1. The minimum absolute atomic E-state index is 0.335. The van der Waals surface area contributed by atoms with Crippen LogP contribution in [0.25, 0.3) is 5.69 Å². The highest BCUT2D eigenvalue weighted by atomic mass is 32.2. The smallest absolute Gasteiger partial charge is 0.337 e. The van der Waals surface area contributed by atoms with Crippen LogP contribution in [0.15, 0.2) is 47.6 Å². The van der Waals surface area contributed by atoms with E-state index >= 15 is 0 Å². The van der Waals surface area contributed by atoms with Gasteiger partial charge in [-0.3, -0.25) is 0 Å². The largest absolute Gasteiger partial charge is 0.465 e. The van der Waals surface area contributed by atoms with Gasteiger partial charge in [0.25, 0.3) is 0 Å². The molecule has 128 valence electrons. The topological polar surface area (TPSA) is 69.9 Å². The zero-order chi connectivity index (χ0) is 17.8. The summed E-state index contributed by atoms with van der Waals surface area (Å²) in [6, 6.07) is 13.5. The number of aryl methyl sites for hydroxylation is 2. The first-order valence-corrected chi connectivity index (χ1v) is 8.73. The maximum atomic E-state index is 11.5. The quantitative estimate of drug-likeness (QED) is 0.517. The van der Waals surface area contributed by atoms with Gasteiger partial charge < -0.3 is 4.74 Å². The van der Waals surface area contributed by atoms with Gasteiger partial charge in [-0.25, -0.2) is 4.79 Å². The fourth-order valence-electron chi connectivity index (χ4n) is 2.47. The number of methoxy groups -OCH3 is 1. The summed E-state index contributed by atoms with van der Waals surface area (Å²) in [6.07, 6.45) is 0. The number of hydrogen-bond acceptors (Lipinski definition) is 6. The third-order valence-electron chi connectivity index (χ3n) is 3.76. The molecule has 0 atom stereocenters. The number of rotatable bonds is 5. The van der Waals surface area contributed by atoms with Crippen molar-refractivity contribution >= 4 is 17.7 Å². The second-order valence-corrected chi connectivity index (χ2v) is 6.58. The van der Waals surface area contributed by atoms with Crippen LogP contribution in [0.4, 0.5) is 0 Å². The maximum Gasteiger partial charge on any atom is 0.337 e. The van der Waals surface area contributed by atoms with E-state index in [0.717, 1.165) is 22.0 Å². The summed E-state index contributed by atoms with van der Waals surface area (Å²) < 4.78 is 6.46. The van der Waals surface area contributed by atoms with Gasteiger partial charge in [0.05, 0.1) is 18.4 Å². The van der Waals surface area contributed by atoms with Crippen LogP contribution in [0, 0.1) is 13.8 Å². The number of aromatic nitrogens is 4. The van der Waals surface area contributed by atoms with Crippen LogP contribution in [0.1, 0.15) is 27.0 Å². The molecule has 0 saturated heterocycles. The summed E-state index contributed by atoms with van der Waals surface area (Å²) in [5.41, 5.74) is 4.91. The molecule has 0 N–H and O–H groups in total. The highest BCUT2D eigenvalue weighted by Gasteiger charge is 2.12. The van der Waals surface area contributed by atoms with Gasteiger partial charge in [0.2, 0.25) is 5.16 Å². The van der Waals surface area contributed by atoms with Crippen molar-refractivity contribution in [3.8, 4) is 5.69 Å². The van der Waals surface area contributed by atoms with E-state index in [9.17, 15) is 4.79 Å². The van der Waals surface area contributed by atoms with Gasteiger partial charge in [-0.15, -0.1) is 5.10 Å². The van der Waals surface area contributed by atoms with E-state index in [1.54, 1.807) is 28.6 Å². The molecule has 3 aromatic rings. The monoisotopic (exact) mass is 354 g/mol. The van der Waals surface area contributed by atoms with E-state index in [1.807, 2.05) is 31.2 Å². The molecule has 0 bridgehead atoms. The van der Waals surface area contributed by atoms with E-state index in [1.165, 1.54) is 12.7 Å². The average molecular weight is 354 g/mol. The predicted molar refractivity (Wildman–Crippen MR) is 96.0 cm³/mol. The number of hydrogen-bond donors (Lipinski definition) is 0. The Bertz CT molecular complexity index is 890. The fourth-order valence-corrected chi connectivity index (χ4v) is 3.31. The molecule has 0 spiro atoms. The first-order chi connectivity index (χ1) is 12.1. The van der Waals surface area contributed by atoms with Gasteiger partial charge in [-0.1, -0.05) is 41.6 Å². The van der Waals surface area contributed by atoms with Crippen LogP contribution >= 0.6 is 11.8 Å². The molecular weight excluding hydrogens is 336 g/mol. The second kappa shape index (κ2) is 7.48. The number of esters is 1. The van der Waals surface area contributed by atoms with Crippen LogP contribution < -0.4 is 0 Å². The molecule has 0 aliphatic heterocycles. The molecule has 0 aliphatic carbocycles. The summed E-state index contributed by atoms with van der Waals surface area (Å²) in [4.78, 5) is 11.5. The number of nitrogens with zero attached hydrogens (tertiary/aromatic N) is 4. The number of benzene rings is 2. The van der Waals surface area contributed by atoms with Crippen molar-refractivity contribution in [2.75, 3.05) is 7.11 Å². The zero-order valence-electron chi connectivity index (χ0n) is 14.3. The summed E-state index contributed by atoms with van der Waals surface area (Å²) in [5.74, 6) is 0.366. The SMILES string of the molecule is COC(=O)c1ccc(CSc2nnnn2-c2ccc(C)cc2C)cc1. The van der Waals surface area contributed by atoms with Crippen LogP contribution in [0.2, 0.25) is 0 Å². The Morgan fingerprint density at radius 3 is 2.60 bits per heavy atom. The molecule has 6 nitrogen and oxygen atoms in total. The minimum atomic E-state index is -0.335. The van der Waals surface area contributed by atoms with Crippen molar-refractivity contribution in [1.29, 1.82) is 0 Å². The van der Waals surface area contributed by atoms with Gasteiger partial charge in [-0.2, -0.15) is 4.68 Å². The molecule has 0 unspecified atom stereocenters. The Morgan fingerprint density at radius 1 is 1.16 bits per heavy atom. The van der Waals surface area contributed by atoms with E-state index in [0.29, 0.717) is 11.3 Å². The number of carbonyl (C=O) groups is 1. The Kier molecular flexibility index (Phi) is 5.14. The molecule has 1 heterocycles. The number of thioether (sulfide) groups is 1. The molecule has 1 aromatic heterocycles. The van der Waals surface area contributed by atoms with Crippen molar-refractivity contribution in [3.63, 3.8) is 0 Å². The van der Waals surface area contributed by atoms with Crippen LogP contribution in [-0.2, 0) is 10.5 Å². The van der Waals surface area contributed by atoms with Crippen LogP contribution in [0.3, 0.4) is 0 Å². The zero-order valence-corrected chi connectivity index (χ0v) is 15.1. The molecule has 7 heteroatoms. The summed E-state index contributed by atoms with van der Waals surface area (Å²) in [7, 11) is 1.37. The highest BCUT2D eigenvalue weighted by molar-refractivity contribution is 7.98. The maximum absolute atomic E-state index is 11.5. The lowest BCUT2D eigenvalue weighted by Gasteiger charge is -2.08. The van der Waals surface area contributed by atoms with Gasteiger partial charge in [-0.05, 0) is 53.6 Å². The van der Waals surface area contributed by atoms with Crippen LogP contribution in [-0.4, -0.2) is 33.3 Å². The van der Waals surface area contributed by atoms with Gasteiger partial charge in [0, 0.05) is 5.75 Å². The van der Waals surface area contributed by atoms with E-state index < -0.39 is 0 Å². The first kappa shape index (κ1) is 17.2. The predicted octanol–water partition coefficient (Wildman–Crippen LogP) is 3.36. The number of carbonyl (C=O) groups excluding carboxylic acids is 1. The molecule has 0 fully saturated rings. The van der Waals surface area contributed by atoms with Crippen molar-refractivity contribution in [1.82, 2.24) is 20.2 Å². The number of tetrazole rings is 1. The Balaban J connectivity index is 1.74. The van der Waals surface area contributed by atoms with Crippen LogP contribution in [0.5, 0.6) is 0 Å². The van der Waals surface area contributed by atoms with Crippen molar-refractivity contribution in [3.05, 3.63) is 64.7 Å². The Labute approximate surface area is 150 Å². The van der Waals surface area contributed by atoms with Crippen molar-refractivity contribution in [2.24, 2.45) is 0 Å². The van der Waals surface area contributed by atoms with Gasteiger partial charge in [0.1, 0.15) is 0 Å². The Morgan fingerprint density at radius 2 is 1.92 bits per heavy atom. The normalized spacial score (nSPS) is 10.7. The van der Waals surface area contributed by atoms with Crippen molar-refractivity contribution < 1.29 is 9.53 Å². The van der Waals surface area contributed by atoms with E-state index in [4.69, 9.17) is 4.74 Å². The lowest BCUT2D eigenvalue weighted by Crippen LogP contribution is -2.02. The molecule has 0 radical (unpaired) electrons. The summed E-state index contributed by atoms with van der Waals surface area (Å²) in [6.45, 7) is 4.11. The third-order valence-corrected chi connectivity index (χ3v) is 4.75. The highest BCUT2D eigenvalue weighted by Crippen LogP contribution is 2.24. The van der Waals surface area contributed by atoms with Crippen molar-refractivity contribution in [2.45, 2.75) is 24.8 Å². The standard InChI is InChI=1S/C18H18N4O2S/c1-12-4-9-16(13(2)10-12)22-18(19-20-21-22)25-11-14-5-7-15(8-6-14)17(23)24-3/h4-10H,11H2,1-3H3. The van der Waals surface area contributed by atoms with E-state index in [-0.39, 0.29) is 5.97 Å². The molecule has 2 aromatic carbocycles. The van der Waals surface area contributed by atoms with Gasteiger partial charge >= 0.3 is 5.97 Å². The molecule has 0 saturated carbocycles. The minimum Gasteiger partial charge on any atom is -0.465 e. The van der Waals surface area contributed by atoms with Gasteiger partial charge in [0.15, 0.2) is 0 Å². The molecule has 0 amide bonds. The summed E-state index contributed by atoms with van der Waals surface area (Å²) >= 11 is 1.55. The third kappa shape index (κ3) is 3.88. The summed E-state index contributed by atoms with van der Waals surface area (Å²) in [5, 5.41) is 12.8. The fraction of sp³-hybridized carbons (Fsp3) is 0.222. The average Bonchev–Trinajstić information content (AvgIpc) is 3.08.